The molecule has 3 N–H and O–H groups in total. The van der Waals surface area contributed by atoms with Gasteiger partial charge >= 0.3 is 0 Å². The van der Waals surface area contributed by atoms with Gasteiger partial charge in [-0.3, -0.25) is 11.3 Å². The Morgan fingerprint density at radius 1 is 1.14 bits per heavy atom. The van der Waals surface area contributed by atoms with E-state index in [2.05, 4.69) is 5.43 Å². The van der Waals surface area contributed by atoms with Gasteiger partial charge in [-0.05, 0) is 42.3 Å². The molecule has 0 radical (unpaired) electrons. The summed E-state index contributed by atoms with van der Waals surface area (Å²) in [5, 5.41) is 1.10. The zero-order valence-electron chi connectivity index (χ0n) is 11.2. The number of nitrogens with two attached hydrogens (primary N) is 1. The Labute approximate surface area is 137 Å². The Bertz CT molecular complexity index is 593. The van der Waals surface area contributed by atoms with E-state index < -0.39 is 0 Å². The molecule has 2 rings (SSSR count). The van der Waals surface area contributed by atoms with Crippen LogP contribution in [0.1, 0.15) is 5.56 Å². The van der Waals surface area contributed by atoms with Crippen LogP contribution in [0.3, 0.4) is 0 Å². The van der Waals surface area contributed by atoms with E-state index in [9.17, 15) is 4.39 Å². The fourth-order valence-electron chi connectivity index (χ4n) is 1.87. The number of rotatable bonds is 6. The van der Waals surface area contributed by atoms with Gasteiger partial charge < -0.3 is 0 Å². The lowest BCUT2D eigenvalue weighted by atomic mass is 10.1. The first kappa shape index (κ1) is 16.6. The van der Waals surface area contributed by atoms with Gasteiger partial charge in [0.15, 0.2) is 0 Å². The molecule has 0 aliphatic heterocycles. The molecule has 0 bridgehead atoms. The summed E-state index contributed by atoms with van der Waals surface area (Å²) in [5.74, 6) is 6.10. The third-order valence-electron chi connectivity index (χ3n) is 3.00. The summed E-state index contributed by atoms with van der Waals surface area (Å²) in [7, 11) is 0. The second-order valence-corrected chi connectivity index (χ2v) is 6.42. The Hall–Kier alpha value is -0.780. The summed E-state index contributed by atoms with van der Waals surface area (Å²) < 4.78 is 12.9. The molecule has 6 heteroatoms. The van der Waals surface area contributed by atoms with E-state index in [-0.39, 0.29) is 11.9 Å². The van der Waals surface area contributed by atoms with Gasteiger partial charge in [-0.1, -0.05) is 35.3 Å². The van der Waals surface area contributed by atoms with Gasteiger partial charge in [-0.2, -0.15) is 0 Å². The van der Waals surface area contributed by atoms with E-state index >= 15 is 0 Å². The van der Waals surface area contributed by atoms with E-state index in [1.54, 1.807) is 30.0 Å². The summed E-state index contributed by atoms with van der Waals surface area (Å²) in [6.07, 6.45) is 0.671. The van der Waals surface area contributed by atoms with Gasteiger partial charge in [-0.25, -0.2) is 4.39 Å². The number of nitrogens with one attached hydrogen (secondary N) is 1. The Morgan fingerprint density at radius 2 is 1.86 bits per heavy atom. The first-order valence-corrected chi connectivity index (χ1v) is 8.11. The summed E-state index contributed by atoms with van der Waals surface area (Å²) in [6, 6.07) is 12.0. The molecule has 0 fully saturated rings. The Kier molecular flexibility index (Phi) is 6.33. The predicted octanol–water partition coefficient (Wildman–Crippen LogP) is 4.30. The quantitative estimate of drug-likeness (QED) is 0.466. The number of benzene rings is 2. The standard InChI is InChI=1S/C15H15Cl2FN2S/c16-14-3-1-2-10(15(14)17)8-12(20-19)9-21-13-6-4-11(18)5-7-13/h1-7,12,20H,8-9,19H2. The van der Waals surface area contributed by atoms with Crippen molar-refractivity contribution < 1.29 is 4.39 Å². The lowest BCUT2D eigenvalue weighted by molar-refractivity contribution is 0.575. The maximum absolute atomic E-state index is 12.9. The van der Waals surface area contributed by atoms with Crippen molar-refractivity contribution in [3.63, 3.8) is 0 Å². The highest BCUT2D eigenvalue weighted by Crippen LogP contribution is 2.27. The fraction of sp³-hybridized carbons (Fsp3) is 0.200. The monoisotopic (exact) mass is 344 g/mol. The molecule has 112 valence electrons. The molecular weight excluding hydrogens is 330 g/mol. The van der Waals surface area contributed by atoms with Crippen LogP contribution in [0.5, 0.6) is 0 Å². The third kappa shape index (κ3) is 4.87. The predicted molar refractivity (Wildman–Crippen MR) is 88.4 cm³/mol. The van der Waals surface area contributed by atoms with Crippen LogP contribution in [0.2, 0.25) is 10.0 Å². The van der Waals surface area contributed by atoms with Crippen molar-refractivity contribution in [1.29, 1.82) is 0 Å². The minimum absolute atomic E-state index is 0.0380. The molecule has 0 heterocycles. The first-order valence-electron chi connectivity index (χ1n) is 6.37. The number of hydrogen-bond acceptors (Lipinski definition) is 3. The van der Waals surface area contributed by atoms with Crippen molar-refractivity contribution in [2.45, 2.75) is 17.4 Å². The number of hydrogen-bond donors (Lipinski definition) is 2. The zero-order valence-corrected chi connectivity index (χ0v) is 13.5. The van der Waals surface area contributed by atoms with E-state index in [1.807, 2.05) is 12.1 Å². The van der Waals surface area contributed by atoms with Crippen LogP contribution in [0.25, 0.3) is 0 Å². The molecule has 0 spiro atoms. The van der Waals surface area contributed by atoms with Gasteiger partial charge in [-0.15, -0.1) is 11.8 Å². The molecule has 2 aromatic rings. The van der Waals surface area contributed by atoms with Crippen molar-refractivity contribution in [3.8, 4) is 0 Å². The van der Waals surface area contributed by atoms with Gasteiger partial charge in [0.2, 0.25) is 0 Å². The van der Waals surface area contributed by atoms with Crippen molar-refractivity contribution in [1.82, 2.24) is 5.43 Å². The number of halogens is 3. The van der Waals surface area contributed by atoms with E-state index in [1.165, 1.54) is 12.1 Å². The maximum Gasteiger partial charge on any atom is 0.123 e. The van der Waals surface area contributed by atoms with Crippen LogP contribution in [-0.2, 0) is 6.42 Å². The van der Waals surface area contributed by atoms with E-state index in [0.29, 0.717) is 16.5 Å². The number of hydrazine groups is 1. The van der Waals surface area contributed by atoms with Gasteiger partial charge in [0.1, 0.15) is 5.82 Å². The molecule has 2 nitrogen and oxygen atoms in total. The van der Waals surface area contributed by atoms with Crippen molar-refractivity contribution in [2.24, 2.45) is 5.84 Å². The molecule has 0 amide bonds. The SMILES string of the molecule is NNC(CSc1ccc(F)cc1)Cc1cccc(Cl)c1Cl. The highest BCUT2D eigenvalue weighted by Gasteiger charge is 2.12. The lowest BCUT2D eigenvalue weighted by Crippen LogP contribution is -2.38. The van der Waals surface area contributed by atoms with Gasteiger partial charge in [0.25, 0.3) is 0 Å². The van der Waals surface area contributed by atoms with Gasteiger partial charge in [0, 0.05) is 16.7 Å². The van der Waals surface area contributed by atoms with Crippen LogP contribution >= 0.6 is 35.0 Å². The molecule has 0 saturated heterocycles. The van der Waals surface area contributed by atoms with Crippen LogP contribution < -0.4 is 11.3 Å². The molecule has 1 unspecified atom stereocenters. The lowest BCUT2D eigenvalue weighted by Gasteiger charge is -2.16. The summed E-state index contributed by atoms with van der Waals surface area (Å²) in [5.41, 5.74) is 3.73. The third-order valence-corrected chi connectivity index (χ3v) is 5.03. The molecule has 0 aromatic heterocycles. The average Bonchev–Trinajstić information content (AvgIpc) is 2.49. The van der Waals surface area contributed by atoms with Crippen LogP contribution in [0.4, 0.5) is 4.39 Å². The topological polar surface area (TPSA) is 38.0 Å². The van der Waals surface area contributed by atoms with Crippen LogP contribution in [-0.4, -0.2) is 11.8 Å². The Balaban J connectivity index is 1.97. The normalized spacial score (nSPS) is 12.4. The maximum atomic E-state index is 12.9. The second-order valence-electron chi connectivity index (χ2n) is 4.55. The van der Waals surface area contributed by atoms with Crippen molar-refractivity contribution in [3.05, 3.63) is 63.9 Å². The van der Waals surface area contributed by atoms with E-state index in [0.717, 1.165) is 16.2 Å². The minimum Gasteiger partial charge on any atom is -0.271 e. The minimum atomic E-state index is -0.237. The molecule has 2 aromatic carbocycles. The smallest absolute Gasteiger partial charge is 0.123 e. The first-order chi connectivity index (χ1) is 10.1. The van der Waals surface area contributed by atoms with Crippen LogP contribution in [0.15, 0.2) is 47.4 Å². The second kappa shape index (κ2) is 8.01. The highest BCUT2D eigenvalue weighted by molar-refractivity contribution is 7.99. The molecule has 0 saturated carbocycles. The summed E-state index contributed by atoms with van der Waals surface area (Å²) >= 11 is 13.8. The fourth-order valence-corrected chi connectivity index (χ4v) is 3.20. The largest absolute Gasteiger partial charge is 0.271 e. The molecule has 1 atom stereocenters. The average molecular weight is 345 g/mol. The van der Waals surface area contributed by atoms with E-state index in [4.69, 9.17) is 29.0 Å². The molecule has 21 heavy (non-hydrogen) atoms. The summed E-state index contributed by atoms with van der Waals surface area (Å²) in [6.45, 7) is 0. The van der Waals surface area contributed by atoms with Crippen LogP contribution in [0, 0.1) is 5.82 Å². The molecule has 0 aliphatic rings. The van der Waals surface area contributed by atoms with Gasteiger partial charge in [0.05, 0.1) is 10.0 Å². The Morgan fingerprint density at radius 3 is 2.52 bits per heavy atom. The highest BCUT2D eigenvalue weighted by atomic mass is 35.5. The van der Waals surface area contributed by atoms with Crippen molar-refractivity contribution in [2.75, 3.05) is 5.75 Å². The molecular formula is C15H15Cl2FN2S. The zero-order chi connectivity index (χ0) is 15.2. The van der Waals surface area contributed by atoms with Crippen molar-refractivity contribution >= 4 is 35.0 Å². The molecule has 0 aliphatic carbocycles. The number of thioether (sulfide) groups is 1. The summed E-state index contributed by atoms with van der Waals surface area (Å²) in [4.78, 5) is 0.994.